The van der Waals surface area contributed by atoms with E-state index in [9.17, 15) is 23.9 Å². The third-order valence-electron chi connectivity index (χ3n) is 8.49. The maximum atomic E-state index is 13.3. The molecule has 3 aliphatic rings. The van der Waals surface area contributed by atoms with Crippen molar-refractivity contribution in [3.05, 3.63) is 35.6 Å². The number of nitrogens with two attached hydrogens (primary N) is 1. The molecule has 3 saturated carbocycles. The Kier molecular flexibility index (Phi) is 8.32. The monoisotopic (exact) mass is 535 g/mol. The minimum atomic E-state index is -1.74. The molecule has 1 aromatic carbocycles. The number of ether oxygens (including phenoxy) is 4. The minimum Gasteiger partial charge on any atom is -0.481 e. The third-order valence-corrected chi connectivity index (χ3v) is 8.49. The summed E-state index contributed by atoms with van der Waals surface area (Å²) in [7, 11) is 0. The van der Waals surface area contributed by atoms with E-state index in [-0.39, 0.29) is 36.8 Å². The fourth-order valence-corrected chi connectivity index (χ4v) is 6.38. The van der Waals surface area contributed by atoms with Crippen LogP contribution in [0.15, 0.2) is 24.3 Å². The van der Waals surface area contributed by atoms with Crippen molar-refractivity contribution >= 4 is 18.1 Å². The summed E-state index contributed by atoms with van der Waals surface area (Å²) in [5.74, 6) is -3.10. The van der Waals surface area contributed by atoms with Crippen LogP contribution in [-0.4, -0.2) is 47.2 Å². The van der Waals surface area contributed by atoms with Crippen molar-refractivity contribution in [1.29, 1.82) is 0 Å². The molecule has 0 spiro atoms. The van der Waals surface area contributed by atoms with E-state index in [0.717, 1.165) is 19.3 Å². The van der Waals surface area contributed by atoms with Crippen LogP contribution < -0.4 is 5.73 Å². The lowest BCUT2D eigenvalue weighted by Gasteiger charge is -2.36. The third kappa shape index (κ3) is 5.81. The van der Waals surface area contributed by atoms with Gasteiger partial charge in [0, 0.05) is 12.8 Å². The van der Waals surface area contributed by atoms with Crippen molar-refractivity contribution in [2.45, 2.75) is 84.0 Å². The molecule has 1 aromatic rings. The van der Waals surface area contributed by atoms with Crippen molar-refractivity contribution < 1.29 is 42.8 Å². The van der Waals surface area contributed by atoms with Gasteiger partial charge in [-0.15, -0.1) is 0 Å². The van der Waals surface area contributed by atoms with E-state index in [4.69, 9.17) is 24.7 Å². The summed E-state index contributed by atoms with van der Waals surface area (Å²) in [6, 6.07) is 5.70. The van der Waals surface area contributed by atoms with E-state index in [1.54, 1.807) is 12.1 Å². The number of rotatable bonds is 9. The zero-order valence-corrected chi connectivity index (χ0v) is 22.3. The first-order valence-corrected chi connectivity index (χ1v) is 13.4. The van der Waals surface area contributed by atoms with Gasteiger partial charge in [0.05, 0.1) is 18.6 Å². The molecule has 9 atom stereocenters. The number of carbonyl (C=O) groups is 3. The first-order chi connectivity index (χ1) is 17.9. The maximum absolute atomic E-state index is 13.3. The van der Waals surface area contributed by atoms with Crippen LogP contribution in [0.2, 0.25) is 0 Å². The summed E-state index contributed by atoms with van der Waals surface area (Å²) in [5.41, 5.74) is 5.48. The lowest BCUT2D eigenvalue weighted by Crippen LogP contribution is -2.60. The summed E-state index contributed by atoms with van der Waals surface area (Å²) in [5, 5.41) is 9.56. The van der Waals surface area contributed by atoms with Crippen LogP contribution in [0.4, 0.5) is 9.18 Å². The Morgan fingerprint density at radius 1 is 1.11 bits per heavy atom. The normalized spacial score (nSPS) is 34.8. The van der Waals surface area contributed by atoms with E-state index in [1.165, 1.54) is 19.1 Å². The molecule has 0 radical (unpaired) electrons. The number of carboxylic acid groups (broad SMARTS) is 1. The van der Waals surface area contributed by atoms with Gasteiger partial charge in [0.2, 0.25) is 6.29 Å². The van der Waals surface area contributed by atoms with E-state index >= 15 is 0 Å². The van der Waals surface area contributed by atoms with Crippen LogP contribution in [0.5, 0.6) is 0 Å². The quantitative estimate of drug-likeness (QED) is 0.351. The molecule has 9 nitrogen and oxygen atoms in total. The van der Waals surface area contributed by atoms with E-state index in [1.807, 2.05) is 0 Å². The number of carbonyl (C=O) groups excluding carboxylic acids is 2. The lowest BCUT2D eigenvalue weighted by molar-refractivity contribution is -0.183. The number of halogens is 1. The van der Waals surface area contributed by atoms with Gasteiger partial charge in [-0.05, 0) is 60.6 Å². The molecule has 1 unspecified atom stereocenters. The van der Waals surface area contributed by atoms with E-state index in [0.29, 0.717) is 17.4 Å². The number of benzene rings is 1. The number of esters is 1. The highest BCUT2D eigenvalue weighted by molar-refractivity contribution is 5.87. The molecule has 3 N–H and O–H groups in total. The molecule has 4 rings (SSSR count). The molecule has 3 fully saturated rings. The highest BCUT2D eigenvalue weighted by atomic mass is 19.1. The average Bonchev–Trinajstić information content (AvgIpc) is 3.49. The van der Waals surface area contributed by atoms with Crippen molar-refractivity contribution in [3.63, 3.8) is 0 Å². The van der Waals surface area contributed by atoms with E-state index in [2.05, 4.69) is 20.8 Å². The highest BCUT2D eigenvalue weighted by Gasteiger charge is 2.75. The smallest absolute Gasteiger partial charge is 0.481 e. The summed E-state index contributed by atoms with van der Waals surface area (Å²) in [6.45, 7) is 7.76. The molecular formula is C28H38FNO8. The summed E-state index contributed by atoms with van der Waals surface area (Å²) in [6.07, 6.45) is -0.278. The largest absolute Gasteiger partial charge is 0.511 e. The summed E-state index contributed by atoms with van der Waals surface area (Å²) >= 11 is 0. The van der Waals surface area contributed by atoms with Crippen LogP contribution in [0.1, 0.15) is 58.9 Å². The molecule has 3 aliphatic carbocycles. The molecule has 0 aliphatic heterocycles. The first-order valence-electron chi connectivity index (χ1n) is 13.4. The topological polar surface area (TPSA) is 134 Å². The van der Waals surface area contributed by atoms with Crippen LogP contribution >= 0.6 is 0 Å². The maximum Gasteiger partial charge on any atom is 0.511 e. The number of hydrogen-bond donors (Lipinski definition) is 2. The second-order valence-corrected chi connectivity index (χ2v) is 11.5. The van der Waals surface area contributed by atoms with Gasteiger partial charge >= 0.3 is 18.1 Å². The van der Waals surface area contributed by atoms with Gasteiger partial charge < -0.3 is 29.8 Å². The van der Waals surface area contributed by atoms with Crippen LogP contribution in [0.3, 0.4) is 0 Å². The Morgan fingerprint density at radius 3 is 2.42 bits per heavy atom. The van der Waals surface area contributed by atoms with Crippen molar-refractivity contribution in [2.24, 2.45) is 41.2 Å². The molecule has 210 valence electrons. The fraction of sp³-hybridized carbons (Fsp3) is 0.679. The van der Waals surface area contributed by atoms with Crippen LogP contribution in [0, 0.1) is 41.3 Å². The molecular weight excluding hydrogens is 497 g/mol. The first kappa shape index (κ1) is 28.3. The Hall–Kier alpha value is -2.72. The fourth-order valence-electron chi connectivity index (χ4n) is 6.38. The molecule has 0 heterocycles. The van der Waals surface area contributed by atoms with Gasteiger partial charge in [-0.3, -0.25) is 4.79 Å². The van der Waals surface area contributed by atoms with Gasteiger partial charge in [-0.2, -0.15) is 0 Å². The number of aliphatic carboxylic acids is 1. The molecule has 0 amide bonds. The lowest BCUT2D eigenvalue weighted by atomic mass is 9.75. The summed E-state index contributed by atoms with van der Waals surface area (Å²) < 4.78 is 35.4. The number of fused-ring (bicyclic) bond motifs is 1. The number of hydrogen-bond acceptors (Lipinski definition) is 8. The highest BCUT2D eigenvalue weighted by Crippen LogP contribution is 2.62. The Morgan fingerprint density at radius 2 is 1.79 bits per heavy atom. The Bertz CT molecular complexity index is 1030. The van der Waals surface area contributed by atoms with Crippen molar-refractivity contribution in [1.82, 2.24) is 0 Å². The predicted octanol–water partition coefficient (Wildman–Crippen LogP) is 4.26. The molecule has 0 aromatic heterocycles. The zero-order valence-electron chi connectivity index (χ0n) is 22.3. The number of carboxylic acids is 1. The van der Waals surface area contributed by atoms with Gasteiger partial charge in [0.15, 0.2) is 0 Å². The second-order valence-electron chi connectivity index (χ2n) is 11.5. The van der Waals surface area contributed by atoms with Gasteiger partial charge in [-0.25, -0.2) is 14.0 Å². The van der Waals surface area contributed by atoms with Gasteiger partial charge in [0.1, 0.15) is 17.5 Å². The molecule has 0 saturated heterocycles. The van der Waals surface area contributed by atoms with Crippen LogP contribution in [-0.2, 0) is 35.1 Å². The Balaban J connectivity index is 1.38. The standard InChI is InChI=1S/C28H38FNO8/c1-14(2)19-10-5-15(3)11-21(19)38-27(34)37-16(4)36-26(33)28(30)22(12-20-23(24(20)28)25(31)32)35-13-17-6-8-18(29)9-7-17/h6-9,14-16,19-24H,5,10-13,30H2,1-4H3,(H,31,32)/t15-,16-,19?,20+,21-,22-,23+,24+,28+/m1/s1. The second kappa shape index (κ2) is 11.2. The van der Waals surface area contributed by atoms with E-state index < -0.39 is 47.9 Å². The SMILES string of the molecule is CC(C)C1CC[C@@H](C)C[C@H]1OC(=O)O[C@H](C)OC(=O)[C@@]1(N)[C@H]2[C@@H](C[C@H]1OCc1ccc(F)cc1)[C@@H]2C(=O)O. The van der Waals surface area contributed by atoms with Gasteiger partial charge in [0.25, 0.3) is 0 Å². The summed E-state index contributed by atoms with van der Waals surface area (Å²) in [4.78, 5) is 37.5. The zero-order chi connectivity index (χ0) is 27.8. The average molecular weight is 536 g/mol. The Labute approximate surface area is 222 Å². The minimum absolute atomic E-state index is 0.0591. The van der Waals surface area contributed by atoms with Gasteiger partial charge in [-0.1, -0.05) is 39.3 Å². The van der Waals surface area contributed by atoms with Crippen LogP contribution in [0.25, 0.3) is 0 Å². The molecule has 10 heteroatoms. The molecule has 0 bridgehead atoms. The molecule has 38 heavy (non-hydrogen) atoms. The van der Waals surface area contributed by atoms with Crippen molar-refractivity contribution in [2.75, 3.05) is 0 Å². The predicted molar refractivity (Wildman–Crippen MR) is 133 cm³/mol. The van der Waals surface area contributed by atoms with Crippen molar-refractivity contribution in [3.8, 4) is 0 Å².